The number of carbonyl (C=O) groups excluding carboxylic acids is 2. The summed E-state index contributed by atoms with van der Waals surface area (Å²) in [6.45, 7) is 1.57. The Morgan fingerprint density at radius 3 is 2.50 bits per heavy atom. The molecule has 0 aliphatic rings. The van der Waals surface area contributed by atoms with E-state index < -0.39 is 46.3 Å². The zero-order valence-corrected chi connectivity index (χ0v) is 11.3. The summed E-state index contributed by atoms with van der Waals surface area (Å²) in [6, 6.07) is 1.65. The van der Waals surface area contributed by atoms with Gasteiger partial charge in [0, 0.05) is 6.07 Å². The molecule has 0 saturated carbocycles. The smallest absolute Gasteiger partial charge is 0.416 e. The van der Waals surface area contributed by atoms with Crippen molar-refractivity contribution in [3.05, 3.63) is 33.9 Å². The van der Waals surface area contributed by atoms with Gasteiger partial charge < -0.3 is 10.1 Å². The number of carbonyl (C=O) groups is 2. The average molecular weight is 320 g/mol. The van der Waals surface area contributed by atoms with Crippen molar-refractivity contribution in [1.82, 2.24) is 0 Å². The summed E-state index contributed by atoms with van der Waals surface area (Å²) in [6.07, 6.45) is -5.45. The Bertz CT molecular complexity index is 601. The number of nitro groups is 1. The number of hydrogen-bond donors (Lipinski definition) is 1. The number of esters is 1. The van der Waals surface area contributed by atoms with Crippen LogP contribution in [-0.4, -0.2) is 23.4 Å². The Balaban J connectivity index is 2.97. The average Bonchev–Trinajstić information content (AvgIpc) is 2.37. The Labute approximate surface area is 122 Å². The first kappa shape index (κ1) is 17.4. The molecule has 0 spiro atoms. The summed E-state index contributed by atoms with van der Waals surface area (Å²) < 4.78 is 42.0. The molecule has 1 rings (SSSR count). The van der Waals surface area contributed by atoms with Crippen LogP contribution in [0.15, 0.2) is 18.2 Å². The summed E-state index contributed by atoms with van der Waals surface area (Å²) in [4.78, 5) is 32.3. The van der Waals surface area contributed by atoms with Gasteiger partial charge in [0.1, 0.15) is 12.1 Å². The number of hydrogen-bond acceptors (Lipinski definition) is 5. The molecule has 0 saturated heterocycles. The van der Waals surface area contributed by atoms with Gasteiger partial charge in [-0.25, -0.2) is 0 Å². The lowest BCUT2D eigenvalue weighted by molar-refractivity contribution is -0.384. The Hall–Kier alpha value is -2.65. The van der Waals surface area contributed by atoms with Gasteiger partial charge in [0.2, 0.25) is 5.91 Å². The standard InChI is InChI=1S/C12H11F3N2O5/c1-2-22-11(19)6-10(18)16-8-4-3-7(12(13,14)15)5-9(8)17(20)21/h3-5H,2,6H2,1H3,(H,16,18). The van der Waals surface area contributed by atoms with Crippen LogP contribution in [0.5, 0.6) is 0 Å². The van der Waals surface area contributed by atoms with E-state index in [1.54, 1.807) is 0 Å². The number of rotatable bonds is 5. The third-order valence-electron chi connectivity index (χ3n) is 2.41. The minimum atomic E-state index is -4.75. The van der Waals surface area contributed by atoms with Crippen LogP contribution in [-0.2, 0) is 20.5 Å². The first-order valence-electron chi connectivity index (χ1n) is 5.96. The molecule has 0 heterocycles. The van der Waals surface area contributed by atoms with E-state index in [1.807, 2.05) is 5.32 Å². The van der Waals surface area contributed by atoms with Crippen LogP contribution >= 0.6 is 0 Å². The number of nitro benzene ring substituents is 1. The molecule has 1 amide bonds. The second kappa shape index (κ2) is 6.87. The lowest BCUT2D eigenvalue weighted by Gasteiger charge is -2.09. The maximum atomic E-state index is 12.5. The number of anilines is 1. The van der Waals surface area contributed by atoms with Gasteiger partial charge >= 0.3 is 12.1 Å². The third-order valence-corrected chi connectivity index (χ3v) is 2.41. The number of halogens is 3. The number of ether oxygens (including phenoxy) is 1. The van der Waals surface area contributed by atoms with Crippen molar-refractivity contribution in [3.63, 3.8) is 0 Å². The quantitative estimate of drug-likeness (QED) is 0.389. The van der Waals surface area contributed by atoms with Gasteiger partial charge in [0.15, 0.2) is 0 Å². The highest BCUT2D eigenvalue weighted by Gasteiger charge is 2.33. The van der Waals surface area contributed by atoms with Crippen LogP contribution in [0, 0.1) is 10.1 Å². The van der Waals surface area contributed by atoms with Crippen LogP contribution < -0.4 is 5.32 Å². The fraction of sp³-hybridized carbons (Fsp3) is 0.333. The number of alkyl halides is 3. The van der Waals surface area contributed by atoms with Gasteiger partial charge in [-0.1, -0.05) is 0 Å². The number of benzene rings is 1. The molecular weight excluding hydrogens is 309 g/mol. The van der Waals surface area contributed by atoms with E-state index in [-0.39, 0.29) is 6.61 Å². The lowest BCUT2D eigenvalue weighted by atomic mass is 10.1. The maximum Gasteiger partial charge on any atom is 0.416 e. The zero-order chi connectivity index (χ0) is 16.9. The predicted molar refractivity (Wildman–Crippen MR) is 68.0 cm³/mol. The van der Waals surface area contributed by atoms with Crippen LogP contribution in [0.3, 0.4) is 0 Å². The molecule has 0 aliphatic carbocycles. The summed E-state index contributed by atoms with van der Waals surface area (Å²) >= 11 is 0. The Kier molecular flexibility index (Phi) is 5.44. The van der Waals surface area contributed by atoms with Gasteiger partial charge in [0.05, 0.1) is 17.1 Å². The zero-order valence-electron chi connectivity index (χ0n) is 11.3. The van der Waals surface area contributed by atoms with Crippen molar-refractivity contribution in [3.8, 4) is 0 Å². The summed E-state index contributed by atoms with van der Waals surface area (Å²) in [5, 5.41) is 12.8. The fourth-order valence-corrected chi connectivity index (χ4v) is 1.50. The molecule has 0 radical (unpaired) electrons. The van der Waals surface area contributed by atoms with Crippen molar-refractivity contribution in [2.24, 2.45) is 0 Å². The lowest BCUT2D eigenvalue weighted by Crippen LogP contribution is -2.19. The summed E-state index contributed by atoms with van der Waals surface area (Å²) in [5.74, 6) is -1.78. The van der Waals surface area contributed by atoms with Gasteiger partial charge in [-0.2, -0.15) is 13.2 Å². The maximum absolute atomic E-state index is 12.5. The normalized spacial score (nSPS) is 10.9. The molecule has 1 aromatic carbocycles. The van der Waals surface area contributed by atoms with Gasteiger partial charge in [-0.3, -0.25) is 19.7 Å². The first-order chi connectivity index (χ1) is 10.1. The third kappa shape index (κ3) is 4.72. The molecule has 0 aliphatic heterocycles. The molecule has 0 fully saturated rings. The molecule has 1 aromatic rings. The van der Waals surface area contributed by atoms with Gasteiger partial charge in [-0.05, 0) is 19.1 Å². The van der Waals surface area contributed by atoms with Crippen molar-refractivity contribution in [1.29, 1.82) is 0 Å². The number of nitrogens with zero attached hydrogens (tertiary/aromatic N) is 1. The molecule has 22 heavy (non-hydrogen) atoms. The second-order valence-corrected chi connectivity index (χ2v) is 4.02. The summed E-state index contributed by atoms with van der Waals surface area (Å²) in [5.41, 5.74) is -2.58. The van der Waals surface area contributed by atoms with E-state index in [0.717, 1.165) is 6.07 Å². The first-order valence-corrected chi connectivity index (χ1v) is 5.96. The van der Waals surface area contributed by atoms with Crippen molar-refractivity contribution < 1.29 is 32.4 Å². The summed E-state index contributed by atoms with van der Waals surface area (Å²) in [7, 11) is 0. The topological polar surface area (TPSA) is 98.5 Å². The largest absolute Gasteiger partial charge is 0.466 e. The second-order valence-electron chi connectivity index (χ2n) is 4.02. The molecule has 0 bridgehead atoms. The minimum absolute atomic E-state index is 0.0482. The molecule has 10 heteroatoms. The predicted octanol–water partition coefficient (Wildman–Crippen LogP) is 2.51. The fourth-order valence-electron chi connectivity index (χ4n) is 1.50. The van der Waals surface area contributed by atoms with Crippen LogP contribution in [0.4, 0.5) is 24.5 Å². The highest BCUT2D eigenvalue weighted by Crippen LogP contribution is 2.34. The van der Waals surface area contributed by atoms with Crippen molar-refractivity contribution >= 4 is 23.3 Å². The van der Waals surface area contributed by atoms with E-state index in [2.05, 4.69) is 4.74 Å². The van der Waals surface area contributed by atoms with E-state index in [0.29, 0.717) is 12.1 Å². The van der Waals surface area contributed by atoms with E-state index in [9.17, 15) is 32.9 Å². The SMILES string of the molecule is CCOC(=O)CC(=O)Nc1ccc(C(F)(F)F)cc1[N+](=O)[O-]. The molecule has 120 valence electrons. The molecule has 0 atom stereocenters. The highest BCUT2D eigenvalue weighted by atomic mass is 19.4. The van der Waals surface area contributed by atoms with Gasteiger partial charge in [-0.15, -0.1) is 0 Å². The number of nitrogens with one attached hydrogen (secondary N) is 1. The number of amides is 1. The van der Waals surface area contributed by atoms with Crippen LogP contribution in [0.25, 0.3) is 0 Å². The molecule has 0 aromatic heterocycles. The molecule has 7 nitrogen and oxygen atoms in total. The minimum Gasteiger partial charge on any atom is -0.466 e. The molecular formula is C12H11F3N2O5. The van der Waals surface area contributed by atoms with Crippen LogP contribution in [0.1, 0.15) is 18.9 Å². The van der Waals surface area contributed by atoms with E-state index >= 15 is 0 Å². The van der Waals surface area contributed by atoms with E-state index in [1.165, 1.54) is 6.92 Å². The van der Waals surface area contributed by atoms with E-state index in [4.69, 9.17) is 0 Å². The Morgan fingerprint density at radius 2 is 2.00 bits per heavy atom. The Morgan fingerprint density at radius 1 is 1.36 bits per heavy atom. The van der Waals surface area contributed by atoms with Crippen LogP contribution in [0.2, 0.25) is 0 Å². The monoisotopic (exact) mass is 320 g/mol. The van der Waals surface area contributed by atoms with Gasteiger partial charge in [0.25, 0.3) is 5.69 Å². The molecule has 0 unspecified atom stereocenters. The van der Waals surface area contributed by atoms with Crippen molar-refractivity contribution in [2.45, 2.75) is 19.5 Å². The highest BCUT2D eigenvalue weighted by molar-refractivity contribution is 6.02. The van der Waals surface area contributed by atoms with Crippen molar-refractivity contribution in [2.75, 3.05) is 11.9 Å². The molecule has 1 N–H and O–H groups in total.